The molecule has 1 amide bonds. The molecule has 2 aromatic rings. The highest BCUT2D eigenvalue weighted by Crippen LogP contribution is 2.33. The first-order valence-electron chi connectivity index (χ1n) is 7.76. The summed E-state index contributed by atoms with van der Waals surface area (Å²) in [5.74, 6) is 1.50. The van der Waals surface area contributed by atoms with E-state index in [1.807, 2.05) is 35.2 Å². The fraction of sp³-hybridized carbons (Fsp3) is 0.278. The number of rotatable bonds is 2. The van der Waals surface area contributed by atoms with Gasteiger partial charge in [0.2, 0.25) is 12.7 Å². The van der Waals surface area contributed by atoms with Crippen LogP contribution < -0.4 is 9.47 Å². The van der Waals surface area contributed by atoms with Gasteiger partial charge in [0.05, 0.1) is 6.04 Å². The van der Waals surface area contributed by atoms with E-state index >= 15 is 0 Å². The minimum absolute atomic E-state index is 0.0302. The highest BCUT2D eigenvalue weighted by molar-refractivity contribution is 5.92. The molecular weight excluding hydrogens is 292 g/mol. The number of aromatic nitrogens is 1. The normalized spacial score (nSPS) is 19.2. The topological polar surface area (TPSA) is 43.7 Å². The molecule has 3 heterocycles. The van der Waals surface area contributed by atoms with Crippen molar-refractivity contribution < 1.29 is 14.3 Å². The van der Waals surface area contributed by atoms with Crippen LogP contribution in [0.5, 0.6) is 11.5 Å². The molecule has 0 saturated carbocycles. The summed E-state index contributed by atoms with van der Waals surface area (Å²) in [5.41, 5.74) is 2.11. The van der Waals surface area contributed by atoms with Crippen molar-refractivity contribution in [1.29, 1.82) is 0 Å². The van der Waals surface area contributed by atoms with Crippen LogP contribution in [-0.2, 0) is 11.3 Å². The fourth-order valence-corrected chi connectivity index (χ4v) is 3.16. The Morgan fingerprint density at radius 3 is 3.00 bits per heavy atom. The third-order valence-corrected chi connectivity index (χ3v) is 4.44. The molecule has 1 unspecified atom stereocenters. The second kappa shape index (κ2) is 5.50. The van der Waals surface area contributed by atoms with Crippen LogP contribution in [0.1, 0.15) is 24.2 Å². The van der Waals surface area contributed by atoms with Crippen molar-refractivity contribution in [2.75, 3.05) is 13.3 Å². The van der Waals surface area contributed by atoms with Crippen LogP contribution in [0.2, 0.25) is 0 Å². The predicted octanol–water partition coefficient (Wildman–Crippen LogP) is 2.83. The molecule has 2 aliphatic heterocycles. The molecular formula is C18H18N2O3. The number of fused-ring (bicyclic) bond motifs is 2. The Labute approximate surface area is 134 Å². The molecule has 1 aromatic heterocycles. The monoisotopic (exact) mass is 310 g/mol. The van der Waals surface area contributed by atoms with E-state index in [9.17, 15) is 4.79 Å². The van der Waals surface area contributed by atoms with Gasteiger partial charge < -0.3 is 18.9 Å². The number of hydrogen-bond donors (Lipinski definition) is 0. The molecule has 0 N–H and O–H groups in total. The number of carbonyl (C=O) groups excluding carboxylic acids is 1. The molecule has 0 spiro atoms. The van der Waals surface area contributed by atoms with E-state index in [-0.39, 0.29) is 18.7 Å². The maximum absolute atomic E-state index is 12.5. The second-order valence-corrected chi connectivity index (χ2v) is 5.78. The van der Waals surface area contributed by atoms with Gasteiger partial charge in [-0.15, -0.1) is 0 Å². The van der Waals surface area contributed by atoms with Gasteiger partial charge in [-0.2, -0.15) is 0 Å². The third-order valence-electron chi connectivity index (χ3n) is 4.44. The SMILES string of the molecule is CC1c2cccn2CCN1C(=O)/C=C/c1ccc2c(c1)OCO2. The molecule has 23 heavy (non-hydrogen) atoms. The second-order valence-electron chi connectivity index (χ2n) is 5.78. The lowest BCUT2D eigenvalue weighted by Gasteiger charge is -2.34. The summed E-state index contributed by atoms with van der Waals surface area (Å²) < 4.78 is 12.8. The minimum atomic E-state index is 0.0302. The number of carbonyl (C=O) groups is 1. The van der Waals surface area contributed by atoms with Gasteiger partial charge in [-0.05, 0) is 42.8 Å². The van der Waals surface area contributed by atoms with Crippen LogP contribution in [0.25, 0.3) is 6.08 Å². The fourth-order valence-electron chi connectivity index (χ4n) is 3.16. The first-order chi connectivity index (χ1) is 11.2. The van der Waals surface area contributed by atoms with E-state index in [0.717, 1.165) is 30.2 Å². The van der Waals surface area contributed by atoms with Crippen molar-refractivity contribution in [3.8, 4) is 11.5 Å². The molecule has 0 bridgehead atoms. The Balaban J connectivity index is 1.50. The van der Waals surface area contributed by atoms with Crippen molar-refractivity contribution in [3.05, 3.63) is 53.9 Å². The summed E-state index contributed by atoms with van der Waals surface area (Å²) in [6.45, 7) is 3.90. The molecule has 5 heteroatoms. The van der Waals surface area contributed by atoms with Gasteiger partial charge in [0, 0.05) is 31.1 Å². The van der Waals surface area contributed by atoms with Crippen LogP contribution in [-0.4, -0.2) is 28.7 Å². The first-order valence-corrected chi connectivity index (χ1v) is 7.76. The van der Waals surface area contributed by atoms with Crippen LogP contribution in [0.15, 0.2) is 42.6 Å². The summed E-state index contributed by atoms with van der Waals surface area (Å²) >= 11 is 0. The number of amides is 1. The Morgan fingerprint density at radius 2 is 2.09 bits per heavy atom. The molecule has 0 fully saturated rings. The van der Waals surface area contributed by atoms with E-state index in [1.165, 1.54) is 5.69 Å². The Morgan fingerprint density at radius 1 is 1.22 bits per heavy atom. The lowest BCUT2D eigenvalue weighted by molar-refractivity contribution is -0.129. The molecule has 118 valence electrons. The summed E-state index contributed by atoms with van der Waals surface area (Å²) in [7, 11) is 0. The number of hydrogen-bond acceptors (Lipinski definition) is 3. The summed E-state index contributed by atoms with van der Waals surface area (Å²) in [6, 6.07) is 9.86. The number of benzene rings is 1. The van der Waals surface area contributed by atoms with Gasteiger partial charge in [0.25, 0.3) is 0 Å². The van der Waals surface area contributed by atoms with Crippen molar-refractivity contribution in [1.82, 2.24) is 9.47 Å². The molecule has 0 saturated heterocycles. The Kier molecular flexibility index (Phi) is 3.33. The van der Waals surface area contributed by atoms with E-state index in [0.29, 0.717) is 0 Å². The molecule has 5 nitrogen and oxygen atoms in total. The van der Waals surface area contributed by atoms with Crippen molar-refractivity contribution >= 4 is 12.0 Å². The lowest BCUT2D eigenvalue weighted by atomic mass is 10.1. The molecule has 4 rings (SSSR count). The van der Waals surface area contributed by atoms with Crippen LogP contribution in [0.4, 0.5) is 0 Å². The zero-order valence-corrected chi connectivity index (χ0v) is 12.9. The minimum Gasteiger partial charge on any atom is -0.454 e. The quantitative estimate of drug-likeness (QED) is 0.801. The van der Waals surface area contributed by atoms with Crippen LogP contribution >= 0.6 is 0 Å². The van der Waals surface area contributed by atoms with Gasteiger partial charge >= 0.3 is 0 Å². The van der Waals surface area contributed by atoms with E-state index < -0.39 is 0 Å². The largest absolute Gasteiger partial charge is 0.454 e. The van der Waals surface area contributed by atoms with Gasteiger partial charge in [0.1, 0.15) is 0 Å². The van der Waals surface area contributed by atoms with Crippen molar-refractivity contribution in [3.63, 3.8) is 0 Å². The average molecular weight is 310 g/mol. The van der Waals surface area contributed by atoms with E-state index in [4.69, 9.17) is 9.47 Å². The van der Waals surface area contributed by atoms with E-state index in [1.54, 1.807) is 6.08 Å². The smallest absolute Gasteiger partial charge is 0.247 e. The average Bonchev–Trinajstić information content (AvgIpc) is 3.21. The van der Waals surface area contributed by atoms with E-state index in [2.05, 4.69) is 23.8 Å². The maximum Gasteiger partial charge on any atom is 0.247 e. The van der Waals surface area contributed by atoms with Crippen LogP contribution in [0.3, 0.4) is 0 Å². The first kappa shape index (κ1) is 13.9. The van der Waals surface area contributed by atoms with Gasteiger partial charge in [-0.25, -0.2) is 0 Å². The molecule has 1 aromatic carbocycles. The van der Waals surface area contributed by atoms with Gasteiger partial charge in [-0.1, -0.05) is 6.07 Å². The Hall–Kier alpha value is -2.69. The standard InChI is InChI=1S/C18H18N2O3/c1-13-15-3-2-8-19(15)9-10-20(13)18(21)7-5-14-4-6-16-17(11-14)23-12-22-16/h2-8,11,13H,9-10,12H2,1H3/b7-5+. The van der Waals surface area contributed by atoms with Crippen molar-refractivity contribution in [2.45, 2.75) is 19.5 Å². The molecule has 1 atom stereocenters. The molecule has 0 radical (unpaired) electrons. The zero-order chi connectivity index (χ0) is 15.8. The lowest BCUT2D eigenvalue weighted by Crippen LogP contribution is -2.39. The highest BCUT2D eigenvalue weighted by atomic mass is 16.7. The summed E-state index contributed by atoms with van der Waals surface area (Å²) in [6.07, 6.45) is 5.52. The maximum atomic E-state index is 12.5. The summed E-state index contributed by atoms with van der Waals surface area (Å²) in [4.78, 5) is 14.4. The van der Waals surface area contributed by atoms with Crippen LogP contribution in [0, 0.1) is 0 Å². The molecule has 2 aliphatic rings. The summed E-state index contributed by atoms with van der Waals surface area (Å²) in [5, 5.41) is 0. The number of nitrogens with zero attached hydrogens (tertiary/aromatic N) is 2. The zero-order valence-electron chi connectivity index (χ0n) is 12.9. The Bertz CT molecular complexity index is 778. The molecule has 0 aliphatic carbocycles. The van der Waals surface area contributed by atoms with Gasteiger partial charge in [-0.3, -0.25) is 4.79 Å². The predicted molar refractivity (Wildman–Crippen MR) is 86.2 cm³/mol. The third kappa shape index (κ3) is 2.48. The number of ether oxygens (including phenoxy) is 2. The highest BCUT2D eigenvalue weighted by Gasteiger charge is 2.25. The van der Waals surface area contributed by atoms with Gasteiger partial charge in [0.15, 0.2) is 11.5 Å². The van der Waals surface area contributed by atoms with Crippen molar-refractivity contribution in [2.24, 2.45) is 0 Å².